The minimum Gasteiger partial charge on any atom is -0.382 e. The molecule has 0 heterocycles. The van der Waals surface area contributed by atoms with Gasteiger partial charge in [0, 0.05) is 11.7 Å². The highest BCUT2D eigenvalue weighted by atomic mass is 14.9. The Labute approximate surface area is 125 Å². The summed E-state index contributed by atoms with van der Waals surface area (Å²) in [5.41, 5.74) is 3.82. The number of hydrogen-bond donors (Lipinski definition) is 1. The molecule has 0 aliphatic rings. The van der Waals surface area contributed by atoms with Gasteiger partial charge in [-0.3, -0.25) is 0 Å². The zero-order chi connectivity index (χ0) is 15.2. The largest absolute Gasteiger partial charge is 0.382 e. The van der Waals surface area contributed by atoms with Crippen LogP contribution in [0.3, 0.4) is 0 Å². The highest BCUT2D eigenvalue weighted by Crippen LogP contribution is 2.24. The summed E-state index contributed by atoms with van der Waals surface area (Å²) in [6, 6.07) is 9.31. The first-order valence-corrected chi connectivity index (χ1v) is 7.94. The van der Waals surface area contributed by atoms with Crippen LogP contribution in [0.25, 0.3) is 5.70 Å². The first kappa shape index (κ1) is 16.8. The fourth-order valence-electron chi connectivity index (χ4n) is 2.49. The van der Waals surface area contributed by atoms with Gasteiger partial charge in [-0.2, -0.15) is 0 Å². The Morgan fingerprint density at radius 3 is 2.25 bits per heavy atom. The van der Waals surface area contributed by atoms with Gasteiger partial charge in [-0.1, -0.05) is 72.2 Å². The standard InChI is InChI=1S/C19H31N/c1-7-10-18(11-8-2)20-15(3)16-12-9-13-17(14-16)19(4,5)6/h9,12-14,18,20H,3,7-8,10-11H2,1-2,4-6H3. The molecule has 0 atom stereocenters. The summed E-state index contributed by atoms with van der Waals surface area (Å²) in [6.07, 6.45) is 4.86. The van der Waals surface area contributed by atoms with Crippen LogP contribution < -0.4 is 5.32 Å². The third-order valence-electron chi connectivity index (χ3n) is 3.73. The Kier molecular flexibility index (Phi) is 6.32. The van der Waals surface area contributed by atoms with E-state index in [-0.39, 0.29) is 5.41 Å². The van der Waals surface area contributed by atoms with E-state index in [1.165, 1.54) is 36.8 Å². The van der Waals surface area contributed by atoms with Gasteiger partial charge in [0.1, 0.15) is 0 Å². The summed E-state index contributed by atoms with van der Waals surface area (Å²) in [5, 5.41) is 3.62. The van der Waals surface area contributed by atoms with Crippen molar-refractivity contribution in [3.05, 3.63) is 42.0 Å². The van der Waals surface area contributed by atoms with Gasteiger partial charge in [-0.25, -0.2) is 0 Å². The van der Waals surface area contributed by atoms with Crippen LogP contribution in [0.1, 0.15) is 71.4 Å². The summed E-state index contributed by atoms with van der Waals surface area (Å²) in [7, 11) is 0. The molecule has 0 bridgehead atoms. The van der Waals surface area contributed by atoms with Gasteiger partial charge in [0.15, 0.2) is 0 Å². The van der Waals surface area contributed by atoms with Crippen LogP contribution >= 0.6 is 0 Å². The second kappa shape index (κ2) is 7.52. The molecule has 112 valence electrons. The van der Waals surface area contributed by atoms with Crippen molar-refractivity contribution < 1.29 is 0 Å². The lowest BCUT2D eigenvalue weighted by Crippen LogP contribution is -2.27. The van der Waals surface area contributed by atoms with E-state index < -0.39 is 0 Å². The van der Waals surface area contributed by atoms with Crippen molar-refractivity contribution in [2.75, 3.05) is 0 Å². The van der Waals surface area contributed by atoms with Crippen LogP contribution in [0.15, 0.2) is 30.8 Å². The molecule has 20 heavy (non-hydrogen) atoms. The second-order valence-electron chi connectivity index (χ2n) is 6.73. The molecule has 0 spiro atoms. The van der Waals surface area contributed by atoms with Crippen LogP contribution in [0.2, 0.25) is 0 Å². The van der Waals surface area contributed by atoms with Crippen LogP contribution in [-0.2, 0) is 5.41 Å². The normalized spacial score (nSPS) is 11.7. The third kappa shape index (κ3) is 5.03. The molecular formula is C19H31N. The molecule has 0 fully saturated rings. The van der Waals surface area contributed by atoms with E-state index >= 15 is 0 Å². The van der Waals surface area contributed by atoms with Gasteiger partial charge in [0.05, 0.1) is 0 Å². The molecule has 1 heteroatoms. The Hall–Kier alpha value is -1.24. The lowest BCUT2D eigenvalue weighted by Gasteiger charge is -2.23. The maximum atomic E-state index is 4.24. The molecule has 0 aliphatic heterocycles. The molecule has 0 aliphatic carbocycles. The van der Waals surface area contributed by atoms with Crippen molar-refractivity contribution in [3.63, 3.8) is 0 Å². The van der Waals surface area contributed by atoms with Gasteiger partial charge >= 0.3 is 0 Å². The van der Waals surface area contributed by atoms with E-state index in [4.69, 9.17) is 0 Å². The van der Waals surface area contributed by atoms with E-state index in [9.17, 15) is 0 Å². The molecule has 1 nitrogen and oxygen atoms in total. The quantitative estimate of drug-likeness (QED) is 0.690. The lowest BCUT2D eigenvalue weighted by molar-refractivity contribution is 0.502. The van der Waals surface area contributed by atoms with E-state index in [1.807, 2.05) is 0 Å². The van der Waals surface area contributed by atoms with Crippen LogP contribution in [0, 0.1) is 0 Å². The molecule has 0 saturated heterocycles. The van der Waals surface area contributed by atoms with Crippen LogP contribution in [0.5, 0.6) is 0 Å². The summed E-state index contributed by atoms with van der Waals surface area (Å²) in [6.45, 7) is 15.5. The second-order valence-corrected chi connectivity index (χ2v) is 6.73. The van der Waals surface area contributed by atoms with E-state index in [1.54, 1.807) is 0 Å². The molecule has 0 saturated carbocycles. The van der Waals surface area contributed by atoms with Crippen molar-refractivity contribution in [2.24, 2.45) is 0 Å². The number of rotatable bonds is 7. The topological polar surface area (TPSA) is 12.0 Å². The first-order chi connectivity index (χ1) is 9.38. The van der Waals surface area contributed by atoms with Crippen LogP contribution in [0.4, 0.5) is 0 Å². The Morgan fingerprint density at radius 2 is 1.75 bits per heavy atom. The summed E-state index contributed by atoms with van der Waals surface area (Å²) < 4.78 is 0. The SMILES string of the molecule is C=C(NC(CCC)CCC)c1cccc(C(C)(C)C)c1. The number of hydrogen-bond acceptors (Lipinski definition) is 1. The fourth-order valence-corrected chi connectivity index (χ4v) is 2.49. The van der Waals surface area contributed by atoms with E-state index in [2.05, 4.69) is 70.8 Å². The average Bonchev–Trinajstić information content (AvgIpc) is 2.38. The van der Waals surface area contributed by atoms with Crippen LogP contribution in [-0.4, -0.2) is 6.04 Å². The average molecular weight is 273 g/mol. The molecule has 1 aromatic rings. The minimum atomic E-state index is 0.183. The van der Waals surface area contributed by atoms with Crippen molar-refractivity contribution in [1.29, 1.82) is 0 Å². The summed E-state index contributed by atoms with van der Waals surface area (Å²) >= 11 is 0. The molecule has 0 radical (unpaired) electrons. The van der Waals surface area contributed by atoms with Gasteiger partial charge in [0.2, 0.25) is 0 Å². The maximum Gasteiger partial charge on any atom is 0.0343 e. The monoisotopic (exact) mass is 273 g/mol. The van der Waals surface area contributed by atoms with Gasteiger partial charge in [-0.15, -0.1) is 0 Å². The van der Waals surface area contributed by atoms with E-state index in [0.29, 0.717) is 6.04 Å². The maximum absolute atomic E-state index is 4.24. The van der Waals surface area contributed by atoms with Crippen molar-refractivity contribution in [1.82, 2.24) is 5.32 Å². The summed E-state index contributed by atoms with van der Waals surface area (Å²) in [4.78, 5) is 0. The van der Waals surface area contributed by atoms with Gasteiger partial charge in [0.25, 0.3) is 0 Å². The molecule has 0 amide bonds. The van der Waals surface area contributed by atoms with E-state index in [0.717, 1.165) is 5.70 Å². The number of nitrogens with one attached hydrogen (secondary N) is 1. The predicted octanol–water partition coefficient (Wildman–Crippen LogP) is 5.51. The Morgan fingerprint density at radius 1 is 1.15 bits per heavy atom. The molecular weight excluding hydrogens is 242 g/mol. The molecule has 1 aromatic carbocycles. The van der Waals surface area contributed by atoms with Gasteiger partial charge < -0.3 is 5.32 Å². The third-order valence-corrected chi connectivity index (χ3v) is 3.73. The predicted molar refractivity (Wildman–Crippen MR) is 90.9 cm³/mol. The molecule has 0 unspecified atom stereocenters. The zero-order valence-electron chi connectivity index (χ0n) is 13.9. The summed E-state index contributed by atoms with van der Waals surface area (Å²) in [5.74, 6) is 0. The highest BCUT2D eigenvalue weighted by molar-refractivity contribution is 5.62. The highest BCUT2D eigenvalue weighted by Gasteiger charge is 2.15. The Bertz CT molecular complexity index is 420. The minimum absolute atomic E-state index is 0.183. The first-order valence-electron chi connectivity index (χ1n) is 7.94. The molecule has 0 aromatic heterocycles. The van der Waals surface area contributed by atoms with Crippen molar-refractivity contribution in [3.8, 4) is 0 Å². The fraction of sp³-hybridized carbons (Fsp3) is 0.579. The number of benzene rings is 1. The smallest absolute Gasteiger partial charge is 0.0343 e. The molecule has 1 rings (SSSR count). The van der Waals surface area contributed by atoms with Gasteiger partial charge in [-0.05, 0) is 35.4 Å². The molecule has 1 N–H and O–H groups in total. The van der Waals surface area contributed by atoms with Crippen molar-refractivity contribution >= 4 is 5.70 Å². The zero-order valence-corrected chi connectivity index (χ0v) is 13.9. The Balaban J connectivity index is 2.81. The van der Waals surface area contributed by atoms with Crippen molar-refractivity contribution in [2.45, 2.75) is 71.8 Å². The lowest BCUT2D eigenvalue weighted by atomic mass is 9.86.